The van der Waals surface area contributed by atoms with E-state index in [9.17, 15) is 14.4 Å². The minimum absolute atomic E-state index is 0.0731. The van der Waals surface area contributed by atoms with Crippen molar-refractivity contribution in [1.29, 1.82) is 0 Å². The van der Waals surface area contributed by atoms with Gasteiger partial charge in [-0.3, -0.25) is 19.7 Å². The lowest BCUT2D eigenvalue weighted by Crippen LogP contribution is -2.32. The predicted octanol–water partition coefficient (Wildman–Crippen LogP) is 2.78. The van der Waals surface area contributed by atoms with Crippen molar-refractivity contribution < 1.29 is 9.59 Å². The summed E-state index contributed by atoms with van der Waals surface area (Å²) in [6.45, 7) is 3.84. The lowest BCUT2D eigenvalue weighted by molar-refractivity contribution is -0.117. The number of aromatic nitrogens is 4. The Morgan fingerprint density at radius 3 is 2.41 bits per heavy atom. The van der Waals surface area contributed by atoms with E-state index in [4.69, 9.17) is 5.73 Å². The first-order chi connectivity index (χ1) is 15.3. The van der Waals surface area contributed by atoms with E-state index in [1.807, 2.05) is 24.3 Å². The van der Waals surface area contributed by atoms with Crippen LogP contribution in [0.4, 0.5) is 5.13 Å². The lowest BCUT2D eigenvalue weighted by Gasteiger charge is -2.08. The van der Waals surface area contributed by atoms with Gasteiger partial charge in [0.2, 0.25) is 11.0 Å². The van der Waals surface area contributed by atoms with Gasteiger partial charge in [0.05, 0.1) is 5.39 Å². The highest BCUT2D eigenvalue weighted by Crippen LogP contribution is 2.27. The molecule has 0 fully saturated rings. The summed E-state index contributed by atoms with van der Waals surface area (Å²) < 4.78 is 0.921. The van der Waals surface area contributed by atoms with E-state index in [0.717, 1.165) is 10.2 Å². The van der Waals surface area contributed by atoms with Crippen molar-refractivity contribution in [2.75, 3.05) is 5.32 Å². The molecule has 0 saturated carbocycles. The van der Waals surface area contributed by atoms with Crippen LogP contribution in [0.15, 0.2) is 53.3 Å². The molecule has 0 aliphatic carbocycles. The van der Waals surface area contributed by atoms with Gasteiger partial charge in [0.25, 0.3) is 11.5 Å². The Bertz CT molecular complexity index is 1370. The van der Waals surface area contributed by atoms with Gasteiger partial charge < -0.3 is 5.73 Å². The van der Waals surface area contributed by atoms with Gasteiger partial charge in [-0.25, -0.2) is 4.68 Å². The third-order valence-corrected chi connectivity index (χ3v) is 5.78. The monoisotopic (exact) mass is 448 g/mol. The quantitative estimate of drug-likeness (QED) is 0.466. The molecule has 2 amide bonds. The molecule has 10 heteroatoms. The maximum absolute atomic E-state index is 12.7. The Kier molecular flexibility index (Phi) is 5.78. The third-order valence-electron chi connectivity index (χ3n) is 4.89. The summed E-state index contributed by atoms with van der Waals surface area (Å²) in [6, 6.07) is 14.5. The zero-order valence-electron chi connectivity index (χ0n) is 17.4. The van der Waals surface area contributed by atoms with Crippen LogP contribution >= 0.6 is 11.3 Å². The van der Waals surface area contributed by atoms with Crippen LogP contribution in [-0.4, -0.2) is 31.8 Å². The minimum atomic E-state index is -0.785. The molecule has 0 bridgehead atoms. The number of fused-ring (bicyclic) bond motifs is 1. The summed E-state index contributed by atoms with van der Waals surface area (Å²) >= 11 is 1.22. The SMILES string of the molecule is CC(C)c1ccc(-c2nnc(NC(=O)Cn3nc(C(N)=O)c4ccccc4c3=O)s2)cc1. The molecular weight excluding hydrogens is 428 g/mol. The number of nitrogens with two attached hydrogens (primary N) is 1. The number of hydrogen-bond donors (Lipinski definition) is 2. The maximum atomic E-state index is 12.7. The summed E-state index contributed by atoms with van der Waals surface area (Å²) in [5.74, 6) is -0.883. The van der Waals surface area contributed by atoms with E-state index in [1.54, 1.807) is 24.3 Å². The van der Waals surface area contributed by atoms with Crippen LogP contribution < -0.4 is 16.6 Å². The first-order valence-electron chi connectivity index (χ1n) is 9.87. The molecule has 9 nitrogen and oxygen atoms in total. The van der Waals surface area contributed by atoms with Crippen LogP contribution in [-0.2, 0) is 11.3 Å². The van der Waals surface area contributed by atoms with Crippen LogP contribution in [0.25, 0.3) is 21.3 Å². The molecule has 0 radical (unpaired) electrons. The highest BCUT2D eigenvalue weighted by Gasteiger charge is 2.17. The average molecular weight is 449 g/mol. The van der Waals surface area contributed by atoms with E-state index >= 15 is 0 Å². The topological polar surface area (TPSA) is 133 Å². The molecule has 0 atom stereocenters. The first kappa shape index (κ1) is 21.3. The van der Waals surface area contributed by atoms with Crippen LogP contribution in [0.1, 0.15) is 35.8 Å². The molecule has 2 aromatic carbocycles. The highest BCUT2D eigenvalue weighted by molar-refractivity contribution is 7.18. The van der Waals surface area contributed by atoms with Crippen molar-refractivity contribution >= 4 is 39.1 Å². The second-order valence-corrected chi connectivity index (χ2v) is 8.44. The van der Waals surface area contributed by atoms with Crippen molar-refractivity contribution in [1.82, 2.24) is 20.0 Å². The Hall–Kier alpha value is -3.92. The second kappa shape index (κ2) is 8.67. The first-order valence-corrected chi connectivity index (χ1v) is 10.7. The second-order valence-electron chi connectivity index (χ2n) is 7.46. The summed E-state index contributed by atoms with van der Waals surface area (Å²) in [4.78, 5) is 37.0. The van der Waals surface area contributed by atoms with Crippen molar-refractivity contribution in [2.24, 2.45) is 5.73 Å². The molecule has 0 unspecified atom stereocenters. The normalized spacial score (nSPS) is 11.1. The molecule has 4 rings (SSSR count). The number of anilines is 1. The maximum Gasteiger partial charge on any atom is 0.275 e. The largest absolute Gasteiger partial charge is 0.364 e. The molecule has 4 aromatic rings. The zero-order chi connectivity index (χ0) is 22.8. The van der Waals surface area contributed by atoms with Gasteiger partial charge in [0.1, 0.15) is 11.6 Å². The van der Waals surface area contributed by atoms with Gasteiger partial charge in [-0.2, -0.15) is 5.10 Å². The van der Waals surface area contributed by atoms with Crippen LogP contribution in [0.2, 0.25) is 0 Å². The fourth-order valence-electron chi connectivity index (χ4n) is 3.22. The number of nitrogens with zero attached hydrogens (tertiary/aromatic N) is 4. The van der Waals surface area contributed by atoms with E-state index < -0.39 is 23.9 Å². The molecule has 0 saturated heterocycles. The fraction of sp³-hybridized carbons (Fsp3) is 0.182. The summed E-state index contributed by atoms with van der Waals surface area (Å²) in [7, 11) is 0. The van der Waals surface area contributed by atoms with Gasteiger partial charge in [-0.05, 0) is 17.5 Å². The fourth-order valence-corrected chi connectivity index (χ4v) is 3.99. The predicted molar refractivity (Wildman–Crippen MR) is 123 cm³/mol. The summed E-state index contributed by atoms with van der Waals surface area (Å²) in [5.41, 5.74) is 6.95. The molecular formula is C22H20N6O3S. The number of nitrogens with one attached hydrogen (secondary N) is 1. The van der Waals surface area contributed by atoms with Crippen molar-refractivity contribution in [2.45, 2.75) is 26.3 Å². The molecule has 0 aliphatic heterocycles. The van der Waals surface area contributed by atoms with Crippen molar-refractivity contribution in [3.05, 3.63) is 70.1 Å². The molecule has 32 heavy (non-hydrogen) atoms. The van der Waals surface area contributed by atoms with E-state index in [0.29, 0.717) is 21.4 Å². The van der Waals surface area contributed by atoms with E-state index in [-0.39, 0.29) is 11.1 Å². The van der Waals surface area contributed by atoms with E-state index in [1.165, 1.54) is 16.9 Å². The van der Waals surface area contributed by atoms with Gasteiger partial charge in [-0.15, -0.1) is 10.2 Å². The van der Waals surface area contributed by atoms with Crippen molar-refractivity contribution in [3.8, 4) is 10.6 Å². The number of hydrogen-bond acceptors (Lipinski definition) is 7. The number of primary amides is 1. The molecule has 2 aromatic heterocycles. The smallest absolute Gasteiger partial charge is 0.275 e. The minimum Gasteiger partial charge on any atom is -0.364 e. The lowest BCUT2D eigenvalue weighted by atomic mass is 10.0. The highest BCUT2D eigenvalue weighted by atomic mass is 32.1. The Morgan fingerprint density at radius 2 is 1.75 bits per heavy atom. The summed E-state index contributed by atoms with van der Waals surface area (Å²) in [6.07, 6.45) is 0. The van der Waals surface area contributed by atoms with Gasteiger partial charge in [0.15, 0.2) is 5.69 Å². The molecule has 2 heterocycles. The number of carbonyl (C=O) groups is 2. The Morgan fingerprint density at radius 1 is 1.06 bits per heavy atom. The Balaban J connectivity index is 1.54. The number of carbonyl (C=O) groups excluding carboxylic acids is 2. The molecule has 0 aliphatic rings. The van der Waals surface area contributed by atoms with Crippen LogP contribution in [0.5, 0.6) is 0 Å². The summed E-state index contributed by atoms with van der Waals surface area (Å²) in [5, 5.41) is 16.3. The molecule has 3 N–H and O–H groups in total. The number of benzene rings is 2. The number of amides is 2. The average Bonchev–Trinajstić information content (AvgIpc) is 3.24. The molecule has 162 valence electrons. The van der Waals surface area contributed by atoms with Gasteiger partial charge in [0, 0.05) is 10.9 Å². The molecule has 0 spiro atoms. The third kappa shape index (κ3) is 4.26. The van der Waals surface area contributed by atoms with E-state index in [2.05, 4.69) is 34.5 Å². The van der Waals surface area contributed by atoms with Gasteiger partial charge in [-0.1, -0.05) is 67.6 Å². The van der Waals surface area contributed by atoms with Crippen molar-refractivity contribution in [3.63, 3.8) is 0 Å². The number of rotatable bonds is 6. The zero-order valence-corrected chi connectivity index (χ0v) is 18.2. The van der Waals surface area contributed by atoms with Gasteiger partial charge >= 0.3 is 0 Å². The Labute approximate surface area is 186 Å². The standard InChI is InChI=1S/C22H20N6O3S/c1-12(2)13-7-9-14(10-8-13)20-25-26-22(32-20)24-17(29)11-28-21(31)16-6-4-3-5-15(16)18(27-28)19(23)30/h3-10,12H,11H2,1-2H3,(H2,23,30)(H,24,26,29). The van der Waals surface area contributed by atoms with Crippen LogP contribution in [0, 0.1) is 0 Å². The van der Waals surface area contributed by atoms with Crippen LogP contribution in [0.3, 0.4) is 0 Å².